The van der Waals surface area contributed by atoms with Crippen LogP contribution in [0.3, 0.4) is 0 Å². The first-order valence-corrected chi connectivity index (χ1v) is 16.5. The van der Waals surface area contributed by atoms with Gasteiger partial charge in [-0.05, 0) is 55.3 Å². The summed E-state index contributed by atoms with van der Waals surface area (Å²) in [5, 5.41) is 18.6. The summed E-state index contributed by atoms with van der Waals surface area (Å²) < 4.78 is 29.9. The molecule has 1 unspecified atom stereocenters. The fourth-order valence-electron chi connectivity index (χ4n) is 4.79. The highest BCUT2D eigenvalue weighted by Gasteiger charge is 2.32. The van der Waals surface area contributed by atoms with Crippen LogP contribution in [0, 0.1) is 12.7 Å². The molecule has 0 aliphatic heterocycles. The monoisotopic (exact) mass is 692 g/mol. The molecule has 2 amide bonds. The highest BCUT2D eigenvalue weighted by molar-refractivity contribution is 7.99. The molecule has 3 aromatic carbocycles. The molecule has 0 saturated heterocycles. The minimum absolute atomic E-state index is 0.109. The Morgan fingerprint density at radius 1 is 1.00 bits per heavy atom. The van der Waals surface area contributed by atoms with Crippen LogP contribution in [-0.4, -0.2) is 69.9 Å². The van der Waals surface area contributed by atoms with Crippen LogP contribution in [0.5, 0.6) is 5.75 Å². The molecule has 4 aromatic rings. The summed E-state index contributed by atoms with van der Waals surface area (Å²) in [5.41, 5.74) is 2.64. The van der Waals surface area contributed by atoms with Crippen molar-refractivity contribution in [3.8, 4) is 17.2 Å². The topological polar surface area (TPSA) is 170 Å². The number of ether oxygens (including phenoxy) is 2. The van der Waals surface area contributed by atoms with Gasteiger partial charge in [-0.3, -0.25) is 19.2 Å². The Morgan fingerprint density at radius 2 is 1.73 bits per heavy atom. The molecule has 0 fully saturated rings. The molecule has 4 rings (SSSR count). The summed E-state index contributed by atoms with van der Waals surface area (Å²) >= 11 is 1.20. The molecule has 0 bridgehead atoms. The number of aryl methyl sites for hydroxylation is 1. The number of amides is 2. The number of thioether (sulfide) groups is 1. The van der Waals surface area contributed by atoms with E-state index in [-0.39, 0.29) is 30.5 Å². The predicted molar refractivity (Wildman–Crippen MR) is 179 cm³/mol. The summed E-state index contributed by atoms with van der Waals surface area (Å²) in [6, 6.07) is 17.4. The number of hydrogen-bond acceptors (Lipinski definition) is 10. The van der Waals surface area contributed by atoms with E-state index in [1.165, 1.54) is 31.0 Å². The van der Waals surface area contributed by atoms with Crippen molar-refractivity contribution in [1.29, 1.82) is 0 Å². The second-order valence-electron chi connectivity index (χ2n) is 11.1. The van der Waals surface area contributed by atoms with Crippen LogP contribution < -0.4 is 15.4 Å². The molecule has 14 heteroatoms. The zero-order valence-corrected chi connectivity index (χ0v) is 28.0. The Hall–Kier alpha value is -5.08. The standard InChI is InChI=1S/C35H37FN4O8S/c1-21(47-18-23-7-5-4-6-8-23)33(39-31(42)16-26-15-25(11-14-30(26)46-3)35-37-22(2)40-48-35)34(45)38-28(17-32(43)44)29(41)20-49-19-24-9-12-27(36)13-10-24/h4-15,21,28,33H,16-20H2,1-3H3,(H,38,45)(H,39,42)(H,43,44)/t21?,28-,33-/m0/s1. The van der Waals surface area contributed by atoms with E-state index in [0.29, 0.717) is 28.5 Å². The minimum atomic E-state index is -1.37. The number of carbonyl (C=O) groups is 4. The van der Waals surface area contributed by atoms with Crippen molar-refractivity contribution in [2.45, 2.75) is 57.2 Å². The molecule has 0 saturated carbocycles. The van der Waals surface area contributed by atoms with Crippen molar-refractivity contribution < 1.29 is 42.7 Å². The number of nitrogens with zero attached hydrogens (tertiary/aromatic N) is 2. The Kier molecular flexibility index (Phi) is 13.4. The van der Waals surface area contributed by atoms with Crippen molar-refractivity contribution in [1.82, 2.24) is 20.8 Å². The van der Waals surface area contributed by atoms with Crippen molar-refractivity contribution in [2.24, 2.45) is 0 Å². The number of carboxylic acids is 1. The van der Waals surface area contributed by atoms with Crippen LogP contribution in [0.4, 0.5) is 4.39 Å². The third kappa shape index (κ3) is 11.3. The van der Waals surface area contributed by atoms with E-state index < -0.39 is 48.2 Å². The number of methoxy groups -OCH3 is 1. The number of hydrogen-bond donors (Lipinski definition) is 3. The average Bonchev–Trinajstić information content (AvgIpc) is 3.53. The van der Waals surface area contributed by atoms with Gasteiger partial charge >= 0.3 is 5.97 Å². The molecule has 258 valence electrons. The van der Waals surface area contributed by atoms with Gasteiger partial charge in [-0.25, -0.2) is 4.39 Å². The highest BCUT2D eigenvalue weighted by Crippen LogP contribution is 2.26. The van der Waals surface area contributed by atoms with E-state index in [1.807, 2.05) is 30.3 Å². The molecule has 3 atom stereocenters. The summed E-state index contributed by atoms with van der Waals surface area (Å²) in [7, 11) is 1.46. The van der Waals surface area contributed by atoms with E-state index in [4.69, 9.17) is 14.0 Å². The van der Waals surface area contributed by atoms with E-state index in [9.17, 15) is 28.7 Å². The first-order valence-electron chi connectivity index (χ1n) is 15.3. The Morgan fingerprint density at radius 3 is 2.39 bits per heavy atom. The SMILES string of the molecule is COc1ccc(-c2nc(C)no2)cc1CC(=O)N[C@H](C(=O)N[C@@H](CC(=O)O)C(=O)CSCc1ccc(F)cc1)C(C)OCc1ccccc1. The number of carbonyl (C=O) groups excluding carboxylic acids is 3. The fraction of sp³-hybridized carbons (Fsp3) is 0.314. The van der Waals surface area contributed by atoms with Crippen molar-refractivity contribution >= 4 is 35.3 Å². The molecule has 1 aromatic heterocycles. The van der Waals surface area contributed by atoms with Gasteiger partial charge in [0.2, 0.25) is 11.8 Å². The molecule has 0 radical (unpaired) electrons. The second kappa shape index (κ2) is 17.9. The van der Waals surface area contributed by atoms with Gasteiger partial charge in [0.25, 0.3) is 5.89 Å². The van der Waals surface area contributed by atoms with Crippen molar-refractivity contribution in [3.63, 3.8) is 0 Å². The largest absolute Gasteiger partial charge is 0.496 e. The van der Waals surface area contributed by atoms with Crippen molar-refractivity contribution in [2.75, 3.05) is 12.9 Å². The quantitative estimate of drug-likeness (QED) is 0.136. The average molecular weight is 693 g/mol. The van der Waals surface area contributed by atoms with Gasteiger partial charge in [0.05, 0.1) is 44.5 Å². The van der Waals surface area contributed by atoms with Crippen LogP contribution in [0.25, 0.3) is 11.5 Å². The number of aromatic nitrogens is 2. The lowest BCUT2D eigenvalue weighted by atomic mass is 10.0. The van der Waals surface area contributed by atoms with Crippen LogP contribution in [0.2, 0.25) is 0 Å². The maximum absolute atomic E-state index is 13.7. The molecule has 1 heterocycles. The first-order chi connectivity index (χ1) is 23.5. The number of aliphatic carboxylic acids is 1. The fourth-order valence-corrected chi connectivity index (χ4v) is 5.72. The number of carboxylic acid groups (broad SMARTS) is 1. The zero-order valence-electron chi connectivity index (χ0n) is 27.2. The van der Waals surface area contributed by atoms with Crippen molar-refractivity contribution in [3.05, 3.63) is 101 Å². The number of Topliss-reactive ketones (excluding diaryl/α,β-unsaturated/α-hetero) is 1. The third-order valence-electron chi connectivity index (χ3n) is 7.34. The maximum Gasteiger partial charge on any atom is 0.305 e. The van der Waals surface area contributed by atoms with Gasteiger partial charge in [-0.2, -0.15) is 4.98 Å². The van der Waals surface area contributed by atoms with Gasteiger partial charge in [-0.1, -0.05) is 47.6 Å². The van der Waals surface area contributed by atoms with Crippen LogP contribution in [0.1, 0.15) is 35.9 Å². The molecular weight excluding hydrogens is 655 g/mol. The summed E-state index contributed by atoms with van der Waals surface area (Å²) in [5.74, 6) is -2.19. The van der Waals surface area contributed by atoms with Gasteiger partial charge in [0.1, 0.15) is 17.6 Å². The van der Waals surface area contributed by atoms with Crippen LogP contribution >= 0.6 is 11.8 Å². The molecule has 0 spiro atoms. The zero-order chi connectivity index (χ0) is 35.3. The Labute approximate surface area is 286 Å². The Balaban J connectivity index is 1.49. The van der Waals surface area contributed by atoms with E-state index in [2.05, 4.69) is 20.8 Å². The number of rotatable bonds is 18. The lowest BCUT2D eigenvalue weighted by Gasteiger charge is -2.27. The van der Waals surface area contributed by atoms with Gasteiger partial charge in [0.15, 0.2) is 11.6 Å². The number of benzene rings is 3. The molecule has 12 nitrogen and oxygen atoms in total. The van der Waals surface area contributed by atoms with Gasteiger partial charge < -0.3 is 29.7 Å². The first kappa shape index (κ1) is 36.8. The summed E-state index contributed by atoms with van der Waals surface area (Å²) in [6.45, 7) is 3.40. The summed E-state index contributed by atoms with van der Waals surface area (Å²) in [6.07, 6.45) is -1.77. The summed E-state index contributed by atoms with van der Waals surface area (Å²) in [4.78, 5) is 56.3. The number of halogens is 1. The lowest BCUT2D eigenvalue weighted by molar-refractivity contribution is -0.140. The normalized spacial score (nSPS) is 12.8. The van der Waals surface area contributed by atoms with Gasteiger partial charge in [0, 0.05) is 16.9 Å². The molecule has 0 aliphatic rings. The van der Waals surface area contributed by atoms with Crippen LogP contribution in [0.15, 0.2) is 77.3 Å². The predicted octanol–water partition coefficient (Wildman–Crippen LogP) is 4.29. The molecular formula is C35H37FN4O8S. The van der Waals surface area contributed by atoms with Gasteiger partial charge in [-0.15, -0.1) is 11.8 Å². The molecule has 3 N–H and O–H groups in total. The van der Waals surface area contributed by atoms with E-state index in [1.54, 1.807) is 44.2 Å². The maximum atomic E-state index is 13.7. The molecule has 0 aliphatic carbocycles. The van der Waals surface area contributed by atoms with E-state index in [0.717, 1.165) is 11.1 Å². The Bertz CT molecular complexity index is 1740. The second-order valence-corrected chi connectivity index (χ2v) is 12.1. The molecule has 49 heavy (non-hydrogen) atoms. The minimum Gasteiger partial charge on any atom is -0.496 e. The lowest BCUT2D eigenvalue weighted by Crippen LogP contribution is -2.57. The van der Waals surface area contributed by atoms with E-state index >= 15 is 0 Å². The smallest absolute Gasteiger partial charge is 0.305 e. The number of nitrogens with one attached hydrogen (secondary N) is 2. The van der Waals surface area contributed by atoms with Crippen LogP contribution in [-0.2, 0) is 42.7 Å². The highest BCUT2D eigenvalue weighted by atomic mass is 32.2. The third-order valence-corrected chi connectivity index (χ3v) is 8.37. The number of ketones is 1.